The number of fused-ring (bicyclic) bond motifs is 6. The first-order valence-corrected chi connectivity index (χ1v) is 16.2. The lowest BCUT2D eigenvalue weighted by Crippen LogP contribution is -1.97. The third-order valence-electron chi connectivity index (χ3n) is 9.59. The number of aromatic nitrogens is 2. The van der Waals surface area contributed by atoms with Crippen molar-refractivity contribution in [2.45, 2.75) is 0 Å². The molecule has 0 aliphatic rings. The van der Waals surface area contributed by atoms with Crippen molar-refractivity contribution in [3.63, 3.8) is 0 Å². The van der Waals surface area contributed by atoms with Crippen molar-refractivity contribution in [1.82, 2.24) is 9.13 Å². The fraction of sp³-hybridized carbons (Fsp3) is 0. The Morgan fingerprint density at radius 1 is 0.460 bits per heavy atom. The summed E-state index contributed by atoms with van der Waals surface area (Å²) in [5, 5.41) is 23.4. The molecule has 0 aliphatic heterocycles. The van der Waals surface area contributed by atoms with Crippen LogP contribution in [-0.2, 0) is 0 Å². The van der Waals surface area contributed by atoms with Crippen LogP contribution in [0.4, 0.5) is 5.69 Å². The standard InChI is InChI=1S/C45H25N5/c1-48-34-17-20-36(45(26-34)50-42-12-5-3-10-38(42)40-24-30(28-47)14-22-44(40)50)33-8-6-7-32(25-33)31-15-18-35(19-16-31)49-41-11-4-2-9-37(41)39-23-29(27-46)13-21-43(39)49/h2-26H. The highest BCUT2D eigenvalue weighted by molar-refractivity contribution is 6.11. The summed E-state index contributed by atoms with van der Waals surface area (Å²) in [7, 11) is 0. The van der Waals surface area contributed by atoms with E-state index in [0.717, 1.165) is 77.2 Å². The molecule has 0 fully saturated rings. The summed E-state index contributed by atoms with van der Waals surface area (Å²) in [5.41, 5.74) is 12.1. The lowest BCUT2D eigenvalue weighted by atomic mass is 9.97. The van der Waals surface area contributed by atoms with Gasteiger partial charge in [0, 0.05) is 38.5 Å². The van der Waals surface area contributed by atoms with Crippen molar-refractivity contribution in [3.8, 4) is 45.8 Å². The largest absolute Gasteiger partial charge is 0.310 e. The van der Waals surface area contributed by atoms with Gasteiger partial charge in [0.1, 0.15) is 0 Å². The van der Waals surface area contributed by atoms with Crippen LogP contribution in [0, 0.1) is 29.2 Å². The molecule has 0 bridgehead atoms. The first-order chi connectivity index (χ1) is 24.6. The van der Waals surface area contributed by atoms with Gasteiger partial charge >= 0.3 is 0 Å². The molecule has 9 rings (SSSR count). The highest BCUT2D eigenvalue weighted by atomic mass is 15.0. The van der Waals surface area contributed by atoms with Crippen LogP contribution < -0.4 is 0 Å². The fourth-order valence-electron chi connectivity index (χ4n) is 7.31. The molecule has 5 nitrogen and oxygen atoms in total. The molecule has 50 heavy (non-hydrogen) atoms. The molecule has 0 amide bonds. The van der Waals surface area contributed by atoms with E-state index in [1.807, 2.05) is 78.9 Å². The van der Waals surface area contributed by atoms with E-state index in [2.05, 4.69) is 98.9 Å². The molecule has 5 heteroatoms. The number of nitriles is 2. The Hall–Kier alpha value is -7.39. The maximum Gasteiger partial charge on any atom is 0.189 e. The van der Waals surface area contributed by atoms with Crippen molar-refractivity contribution in [2.24, 2.45) is 0 Å². The molecule has 0 N–H and O–H groups in total. The SMILES string of the molecule is [C-]#[N+]c1ccc(-c2cccc(-c3ccc(-n4c5ccccc5c5cc(C#N)ccc54)cc3)c2)c(-n2c3ccccc3c3cc(C#N)ccc32)c1. The second kappa shape index (κ2) is 11.4. The van der Waals surface area contributed by atoms with Crippen LogP contribution in [0.2, 0.25) is 0 Å². The lowest BCUT2D eigenvalue weighted by Gasteiger charge is -2.16. The number of nitrogens with zero attached hydrogens (tertiary/aromatic N) is 5. The Bertz CT molecular complexity index is 2960. The van der Waals surface area contributed by atoms with Gasteiger partial charge in [-0.15, -0.1) is 0 Å². The van der Waals surface area contributed by atoms with Crippen molar-refractivity contribution in [3.05, 3.63) is 174 Å². The van der Waals surface area contributed by atoms with Gasteiger partial charge in [-0.3, -0.25) is 0 Å². The minimum atomic E-state index is 0.559. The molecule has 0 atom stereocenters. The van der Waals surface area contributed by atoms with E-state index >= 15 is 0 Å². The van der Waals surface area contributed by atoms with Gasteiger partial charge in [0.15, 0.2) is 5.69 Å². The third-order valence-corrected chi connectivity index (χ3v) is 9.59. The van der Waals surface area contributed by atoms with Crippen molar-refractivity contribution >= 4 is 49.3 Å². The molecule has 2 heterocycles. The zero-order chi connectivity index (χ0) is 33.8. The van der Waals surface area contributed by atoms with E-state index in [1.54, 1.807) is 0 Å². The molecule has 0 spiro atoms. The molecule has 0 saturated heterocycles. The van der Waals surface area contributed by atoms with Crippen LogP contribution in [0.25, 0.3) is 82.1 Å². The summed E-state index contributed by atoms with van der Waals surface area (Å²) in [6.45, 7) is 7.81. The molecule has 0 aliphatic carbocycles. The third kappa shape index (κ3) is 4.45. The summed E-state index contributed by atoms with van der Waals surface area (Å²) in [6.07, 6.45) is 0. The minimum Gasteiger partial charge on any atom is -0.310 e. The van der Waals surface area contributed by atoms with E-state index in [9.17, 15) is 10.5 Å². The van der Waals surface area contributed by atoms with E-state index in [-0.39, 0.29) is 0 Å². The summed E-state index contributed by atoms with van der Waals surface area (Å²) < 4.78 is 4.46. The van der Waals surface area contributed by atoms with Gasteiger partial charge < -0.3 is 9.13 Å². The highest BCUT2D eigenvalue weighted by Crippen LogP contribution is 2.39. The van der Waals surface area contributed by atoms with Crippen molar-refractivity contribution in [1.29, 1.82) is 10.5 Å². The molecule has 0 saturated carbocycles. The van der Waals surface area contributed by atoms with Crippen LogP contribution in [0.5, 0.6) is 0 Å². The van der Waals surface area contributed by atoms with Crippen LogP contribution in [0.15, 0.2) is 152 Å². The maximum absolute atomic E-state index is 9.64. The monoisotopic (exact) mass is 635 g/mol. The van der Waals surface area contributed by atoms with E-state index in [0.29, 0.717) is 16.8 Å². The van der Waals surface area contributed by atoms with Crippen molar-refractivity contribution in [2.75, 3.05) is 0 Å². The summed E-state index contributed by atoms with van der Waals surface area (Å²) in [6, 6.07) is 55.7. The number of rotatable bonds is 4. The highest BCUT2D eigenvalue weighted by Gasteiger charge is 2.18. The molecular formula is C45H25N5. The van der Waals surface area contributed by atoms with Crippen molar-refractivity contribution < 1.29 is 0 Å². The Morgan fingerprint density at radius 2 is 1.04 bits per heavy atom. The summed E-state index contributed by atoms with van der Waals surface area (Å²) in [5.74, 6) is 0. The molecular weight excluding hydrogens is 611 g/mol. The van der Waals surface area contributed by atoms with E-state index in [4.69, 9.17) is 6.57 Å². The summed E-state index contributed by atoms with van der Waals surface area (Å²) >= 11 is 0. The normalized spacial score (nSPS) is 11.1. The average Bonchev–Trinajstić information content (AvgIpc) is 3.69. The molecule has 7 aromatic carbocycles. The zero-order valence-corrected chi connectivity index (χ0v) is 26.7. The van der Waals surface area contributed by atoms with Gasteiger partial charge in [-0.1, -0.05) is 78.9 Å². The zero-order valence-electron chi connectivity index (χ0n) is 26.7. The number of hydrogen-bond acceptors (Lipinski definition) is 2. The van der Waals surface area contributed by atoms with E-state index < -0.39 is 0 Å². The Labute approximate surface area is 288 Å². The number of benzene rings is 7. The molecule has 230 valence electrons. The van der Waals surface area contributed by atoms with Gasteiger partial charge in [0.05, 0.1) is 51.9 Å². The smallest absolute Gasteiger partial charge is 0.189 e. The van der Waals surface area contributed by atoms with Gasteiger partial charge in [-0.05, 0) is 89.5 Å². The van der Waals surface area contributed by atoms with Crippen LogP contribution >= 0.6 is 0 Å². The van der Waals surface area contributed by atoms with Gasteiger partial charge in [0.25, 0.3) is 0 Å². The first-order valence-electron chi connectivity index (χ1n) is 16.2. The van der Waals surface area contributed by atoms with Gasteiger partial charge in [-0.2, -0.15) is 10.5 Å². The predicted molar refractivity (Wildman–Crippen MR) is 202 cm³/mol. The van der Waals surface area contributed by atoms with Crippen LogP contribution in [0.3, 0.4) is 0 Å². The number of para-hydroxylation sites is 2. The van der Waals surface area contributed by atoms with Gasteiger partial charge in [0.2, 0.25) is 0 Å². The molecule has 9 aromatic rings. The van der Waals surface area contributed by atoms with E-state index in [1.165, 1.54) is 0 Å². The van der Waals surface area contributed by atoms with Crippen LogP contribution in [-0.4, -0.2) is 9.13 Å². The second-order valence-corrected chi connectivity index (χ2v) is 12.3. The summed E-state index contributed by atoms with van der Waals surface area (Å²) in [4.78, 5) is 3.78. The fourth-order valence-corrected chi connectivity index (χ4v) is 7.31. The Balaban J connectivity index is 1.17. The number of hydrogen-bond donors (Lipinski definition) is 0. The average molecular weight is 636 g/mol. The Kier molecular flexibility index (Phi) is 6.56. The maximum atomic E-state index is 9.64. The minimum absolute atomic E-state index is 0.559. The molecule has 0 unspecified atom stereocenters. The second-order valence-electron chi connectivity index (χ2n) is 12.3. The molecule has 2 aromatic heterocycles. The lowest BCUT2D eigenvalue weighted by molar-refractivity contribution is 1.18. The van der Waals surface area contributed by atoms with Crippen LogP contribution in [0.1, 0.15) is 11.1 Å². The predicted octanol–water partition coefficient (Wildman–Crippen LogP) is 11.5. The topological polar surface area (TPSA) is 61.8 Å². The first kappa shape index (κ1) is 28.8. The quantitative estimate of drug-likeness (QED) is 0.181. The van der Waals surface area contributed by atoms with Gasteiger partial charge in [-0.25, -0.2) is 4.85 Å². The molecule has 0 radical (unpaired) electrons. The Morgan fingerprint density at radius 3 is 1.68 bits per heavy atom.